The molecular formula is C25H21ClN2O3. The highest BCUT2D eigenvalue weighted by Crippen LogP contribution is 2.31. The van der Waals surface area contributed by atoms with Gasteiger partial charge in [0.1, 0.15) is 0 Å². The fourth-order valence-corrected chi connectivity index (χ4v) is 3.12. The zero-order valence-electron chi connectivity index (χ0n) is 17.2. The minimum atomic E-state index is -0.277. The van der Waals surface area contributed by atoms with Gasteiger partial charge in [0.25, 0.3) is 5.91 Å². The van der Waals surface area contributed by atoms with Crippen LogP contribution in [-0.2, 0) is 4.79 Å². The molecule has 0 radical (unpaired) electrons. The topological polar surface area (TPSA) is 71.3 Å². The van der Waals surface area contributed by atoms with Gasteiger partial charge in [-0.25, -0.2) is 0 Å². The van der Waals surface area contributed by atoms with Crippen LogP contribution in [0.4, 0.5) is 5.69 Å². The zero-order valence-corrected chi connectivity index (χ0v) is 17.9. The van der Waals surface area contributed by atoms with Gasteiger partial charge in [-0.05, 0) is 48.9 Å². The van der Waals surface area contributed by atoms with Crippen molar-refractivity contribution >= 4 is 34.8 Å². The van der Waals surface area contributed by atoms with Gasteiger partial charge in [0.15, 0.2) is 18.1 Å². The number of carbonyl (C=O) groups excluding carboxylic acids is 1. The van der Waals surface area contributed by atoms with Crippen molar-refractivity contribution in [3.8, 4) is 17.6 Å². The highest BCUT2D eigenvalue weighted by molar-refractivity contribution is 6.32. The summed E-state index contributed by atoms with van der Waals surface area (Å²) in [5.74, 6) is 0.601. The molecule has 0 bridgehead atoms. The molecule has 156 valence electrons. The number of carbonyl (C=O) groups is 1. The van der Waals surface area contributed by atoms with E-state index in [9.17, 15) is 10.1 Å². The van der Waals surface area contributed by atoms with E-state index in [1.807, 2.05) is 43.3 Å². The molecule has 0 atom stereocenters. The smallest absolute Gasteiger partial charge is 0.262 e. The highest BCUT2D eigenvalue weighted by Gasteiger charge is 2.10. The van der Waals surface area contributed by atoms with Gasteiger partial charge < -0.3 is 14.8 Å². The maximum absolute atomic E-state index is 12.2. The number of methoxy groups -OCH3 is 1. The van der Waals surface area contributed by atoms with Crippen LogP contribution < -0.4 is 14.8 Å². The van der Waals surface area contributed by atoms with Gasteiger partial charge in [0, 0.05) is 16.3 Å². The first-order valence-corrected chi connectivity index (χ1v) is 9.92. The summed E-state index contributed by atoms with van der Waals surface area (Å²) in [6.07, 6.45) is 1.72. The average molecular weight is 433 g/mol. The quantitative estimate of drug-likeness (QED) is 0.381. The summed E-state index contributed by atoms with van der Waals surface area (Å²) in [6, 6.07) is 22.1. The first kappa shape index (κ1) is 21.9. The van der Waals surface area contributed by atoms with E-state index in [1.54, 1.807) is 36.4 Å². The van der Waals surface area contributed by atoms with E-state index < -0.39 is 0 Å². The van der Waals surface area contributed by atoms with E-state index in [0.717, 1.165) is 11.1 Å². The van der Waals surface area contributed by atoms with Crippen molar-refractivity contribution in [1.82, 2.24) is 0 Å². The van der Waals surface area contributed by atoms with Crippen molar-refractivity contribution in [1.29, 1.82) is 5.26 Å². The van der Waals surface area contributed by atoms with Crippen LogP contribution in [0, 0.1) is 18.3 Å². The van der Waals surface area contributed by atoms with Gasteiger partial charge in [-0.15, -0.1) is 0 Å². The summed E-state index contributed by atoms with van der Waals surface area (Å²) in [4.78, 5) is 12.2. The second-order valence-electron chi connectivity index (χ2n) is 6.76. The lowest BCUT2D eigenvalue weighted by Gasteiger charge is -2.12. The number of benzene rings is 3. The molecule has 31 heavy (non-hydrogen) atoms. The fraction of sp³-hybridized carbons (Fsp3) is 0.120. The highest BCUT2D eigenvalue weighted by atomic mass is 35.5. The number of hydrogen-bond acceptors (Lipinski definition) is 4. The maximum atomic E-state index is 12.2. The number of nitriles is 1. The number of halogens is 1. The molecule has 0 fully saturated rings. The molecule has 0 spiro atoms. The molecule has 0 aliphatic carbocycles. The number of aryl methyl sites for hydroxylation is 1. The molecule has 0 aliphatic rings. The molecule has 1 amide bonds. The van der Waals surface area contributed by atoms with Crippen LogP contribution in [0.2, 0.25) is 5.02 Å². The maximum Gasteiger partial charge on any atom is 0.262 e. The van der Waals surface area contributed by atoms with Gasteiger partial charge in [-0.3, -0.25) is 4.79 Å². The van der Waals surface area contributed by atoms with E-state index in [0.29, 0.717) is 33.3 Å². The summed E-state index contributed by atoms with van der Waals surface area (Å²) in [5.41, 5.74) is 3.64. The second kappa shape index (κ2) is 10.3. The number of amides is 1. The number of nitrogens with one attached hydrogen (secondary N) is 1. The van der Waals surface area contributed by atoms with E-state index in [2.05, 4.69) is 11.4 Å². The Labute approximate surface area is 186 Å². The predicted octanol–water partition coefficient (Wildman–Crippen LogP) is 5.74. The molecule has 5 nitrogen and oxygen atoms in total. The van der Waals surface area contributed by atoms with Crippen LogP contribution in [0.3, 0.4) is 0 Å². The molecule has 0 aliphatic heterocycles. The van der Waals surface area contributed by atoms with Crippen LogP contribution >= 0.6 is 11.6 Å². The standard InChI is InChI=1S/C25H21ClN2O3/c1-17-7-10-20(11-8-17)28-25(29)16-31-23-12-9-18(14-24(23)30-2)13-19(15-27)21-5-3-4-6-22(21)26/h3-14H,16H2,1-2H3,(H,28,29). The summed E-state index contributed by atoms with van der Waals surface area (Å²) in [7, 11) is 1.52. The summed E-state index contributed by atoms with van der Waals surface area (Å²) >= 11 is 6.21. The van der Waals surface area contributed by atoms with E-state index in [1.165, 1.54) is 7.11 Å². The van der Waals surface area contributed by atoms with E-state index in [4.69, 9.17) is 21.1 Å². The lowest BCUT2D eigenvalue weighted by molar-refractivity contribution is -0.118. The van der Waals surface area contributed by atoms with Gasteiger partial charge in [-0.1, -0.05) is 53.6 Å². The van der Waals surface area contributed by atoms with Gasteiger partial charge in [0.05, 0.1) is 18.8 Å². The Kier molecular flexibility index (Phi) is 7.31. The molecule has 0 aromatic heterocycles. The normalized spacial score (nSPS) is 10.8. The first-order valence-electron chi connectivity index (χ1n) is 9.54. The summed E-state index contributed by atoms with van der Waals surface area (Å²) < 4.78 is 11.0. The molecule has 6 heteroatoms. The van der Waals surface area contributed by atoms with Crippen molar-refractivity contribution in [2.75, 3.05) is 19.0 Å². The number of hydrogen-bond donors (Lipinski definition) is 1. The Bertz CT molecular complexity index is 1150. The Morgan fingerprint density at radius 3 is 2.52 bits per heavy atom. The van der Waals surface area contributed by atoms with Crippen LogP contribution in [-0.4, -0.2) is 19.6 Å². The van der Waals surface area contributed by atoms with Gasteiger partial charge in [-0.2, -0.15) is 5.26 Å². The molecule has 0 unspecified atom stereocenters. The molecule has 3 aromatic carbocycles. The summed E-state index contributed by atoms with van der Waals surface area (Å²) in [5, 5.41) is 12.8. The number of allylic oxidation sites excluding steroid dienone is 1. The lowest BCUT2D eigenvalue weighted by atomic mass is 10.0. The Hall–Kier alpha value is -3.75. The summed E-state index contributed by atoms with van der Waals surface area (Å²) in [6.45, 7) is 1.82. The molecular weight excluding hydrogens is 412 g/mol. The number of ether oxygens (including phenoxy) is 2. The van der Waals surface area contributed by atoms with Gasteiger partial charge >= 0.3 is 0 Å². The third-order valence-electron chi connectivity index (χ3n) is 4.48. The predicted molar refractivity (Wildman–Crippen MR) is 123 cm³/mol. The molecule has 3 rings (SSSR count). The Morgan fingerprint density at radius 2 is 1.84 bits per heavy atom. The largest absolute Gasteiger partial charge is 0.493 e. The van der Waals surface area contributed by atoms with Crippen molar-refractivity contribution in [2.45, 2.75) is 6.92 Å². The van der Waals surface area contributed by atoms with Gasteiger partial charge in [0.2, 0.25) is 0 Å². The van der Waals surface area contributed by atoms with Crippen molar-refractivity contribution in [3.05, 3.63) is 88.4 Å². The third kappa shape index (κ3) is 5.88. The van der Waals surface area contributed by atoms with E-state index >= 15 is 0 Å². The fourth-order valence-electron chi connectivity index (χ4n) is 2.89. The van der Waals surface area contributed by atoms with Crippen LogP contribution in [0.5, 0.6) is 11.5 Å². The molecule has 0 saturated carbocycles. The average Bonchev–Trinajstić information content (AvgIpc) is 2.78. The number of nitrogens with zero attached hydrogens (tertiary/aromatic N) is 1. The monoisotopic (exact) mass is 432 g/mol. The van der Waals surface area contributed by atoms with Crippen LogP contribution in [0.1, 0.15) is 16.7 Å². The molecule has 0 saturated heterocycles. The minimum absolute atomic E-state index is 0.164. The van der Waals surface area contributed by atoms with Crippen LogP contribution in [0.15, 0.2) is 66.7 Å². The van der Waals surface area contributed by atoms with Crippen LogP contribution in [0.25, 0.3) is 11.6 Å². The van der Waals surface area contributed by atoms with Crippen molar-refractivity contribution in [3.63, 3.8) is 0 Å². The molecule has 1 N–H and O–H groups in total. The lowest BCUT2D eigenvalue weighted by Crippen LogP contribution is -2.20. The first-order chi connectivity index (χ1) is 15.0. The number of anilines is 1. The minimum Gasteiger partial charge on any atom is -0.493 e. The van der Waals surface area contributed by atoms with Crippen molar-refractivity contribution < 1.29 is 14.3 Å². The Balaban J connectivity index is 1.72. The Morgan fingerprint density at radius 1 is 1.10 bits per heavy atom. The molecule has 3 aromatic rings. The SMILES string of the molecule is COc1cc(C=C(C#N)c2ccccc2Cl)ccc1OCC(=O)Nc1ccc(C)cc1. The second-order valence-corrected chi connectivity index (χ2v) is 7.17. The number of rotatable bonds is 7. The zero-order chi connectivity index (χ0) is 22.2. The third-order valence-corrected chi connectivity index (χ3v) is 4.81. The van der Waals surface area contributed by atoms with E-state index in [-0.39, 0.29) is 12.5 Å². The molecule has 0 heterocycles. The van der Waals surface area contributed by atoms with Crippen molar-refractivity contribution in [2.24, 2.45) is 0 Å².